The van der Waals surface area contributed by atoms with Crippen molar-refractivity contribution in [2.45, 2.75) is 89.8 Å². The maximum Gasteiger partial charge on any atom is 0.334 e. The molecule has 4 nitrogen and oxygen atoms in total. The van der Waals surface area contributed by atoms with Gasteiger partial charge in [-0.3, -0.25) is 0 Å². The highest BCUT2D eigenvalue weighted by molar-refractivity contribution is 6.65. The second-order valence-corrected chi connectivity index (χ2v) is 10.3. The van der Waals surface area contributed by atoms with Crippen LogP contribution in [0.15, 0.2) is 12.7 Å². The second kappa shape index (κ2) is 14.7. The molecule has 0 amide bonds. The molecule has 0 bridgehead atoms. The first-order chi connectivity index (χ1) is 11.5. The van der Waals surface area contributed by atoms with Gasteiger partial charge in [-0.25, -0.2) is 4.79 Å². The Bertz CT molecular complexity index is 329. The number of rotatable bonds is 16. The van der Waals surface area contributed by atoms with Crippen LogP contribution in [-0.4, -0.2) is 34.9 Å². The van der Waals surface area contributed by atoms with Crippen LogP contribution in [0.2, 0.25) is 12.6 Å². The molecular weight excluding hydrogens is 320 g/mol. The first-order valence-corrected chi connectivity index (χ1v) is 11.9. The molecule has 0 saturated carbocycles. The molecule has 0 saturated heterocycles. The minimum absolute atomic E-state index is 0.00364. The zero-order valence-corrected chi connectivity index (χ0v) is 17.3. The summed E-state index contributed by atoms with van der Waals surface area (Å²) in [5.74, 6) is -0.318. The third kappa shape index (κ3) is 12.7. The number of ether oxygens (including phenoxy) is 1. The largest absolute Gasteiger partial charge is 0.460 e. The fourth-order valence-corrected chi connectivity index (χ4v) is 4.18. The Morgan fingerprint density at radius 3 is 1.88 bits per heavy atom. The zero-order chi connectivity index (χ0) is 18.3. The van der Waals surface area contributed by atoms with Crippen molar-refractivity contribution in [3.63, 3.8) is 0 Å². The fraction of sp³-hybridized carbons (Fsp3) is 0.842. The van der Waals surface area contributed by atoms with E-state index in [0.29, 0.717) is 0 Å². The van der Waals surface area contributed by atoms with Crippen LogP contribution in [0.1, 0.15) is 71.1 Å². The number of unbranched alkanes of at least 4 members (excludes halogenated alkanes) is 8. The molecule has 0 aromatic rings. The van der Waals surface area contributed by atoms with Gasteiger partial charge in [-0.05, 0) is 32.4 Å². The van der Waals surface area contributed by atoms with Gasteiger partial charge in [0.2, 0.25) is 0 Å². The molecule has 0 fully saturated rings. The minimum Gasteiger partial charge on any atom is -0.460 e. The van der Waals surface area contributed by atoms with Crippen molar-refractivity contribution in [1.82, 2.24) is 0 Å². The van der Waals surface area contributed by atoms with Crippen molar-refractivity contribution in [2.75, 3.05) is 14.2 Å². The molecule has 1 unspecified atom stereocenters. The molecule has 0 rings (SSSR count). The highest BCUT2D eigenvalue weighted by Gasteiger charge is 2.27. The lowest BCUT2D eigenvalue weighted by molar-refractivity contribution is -0.142. The van der Waals surface area contributed by atoms with Gasteiger partial charge in [-0.15, -0.1) is 0 Å². The summed E-state index contributed by atoms with van der Waals surface area (Å²) in [6, 6.07) is 1.09. The van der Waals surface area contributed by atoms with Crippen LogP contribution < -0.4 is 0 Å². The first-order valence-electron chi connectivity index (χ1n) is 9.40. The van der Waals surface area contributed by atoms with E-state index in [4.69, 9.17) is 13.6 Å². The average molecular weight is 359 g/mol. The molecule has 0 heterocycles. The van der Waals surface area contributed by atoms with E-state index in [1.807, 2.05) is 6.92 Å². The molecule has 0 N–H and O–H groups in total. The topological polar surface area (TPSA) is 44.8 Å². The summed E-state index contributed by atoms with van der Waals surface area (Å²) in [7, 11) is 1.68. The smallest absolute Gasteiger partial charge is 0.334 e. The molecule has 0 radical (unpaired) electrons. The number of hydrogen-bond donors (Lipinski definition) is 0. The Kier molecular flexibility index (Phi) is 14.3. The minimum atomic E-state index is -1.85. The zero-order valence-electron chi connectivity index (χ0n) is 16.3. The van der Waals surface area contributed by atoms with Gasteiger partial charge < -0.3 is 13.6 Å². The van der Waals surface area contributed by atoms with Crippen molar-refractivity contribution in [2.24, 2.45) is 0 Å². The van der Waals surface area contributed by atoms with E-state index in [2.05, 4.69) is 13.1 Å². The SMILES string of the molecule is C=CC(=O)OC(C)CCCCCCCCCCC[Si](C)(OC)OC. The lowest BCUT2D eigenvalue weighted by atomic mass is 10.1. The first kappa shape index (κ1) is 23.3. The lowest BCUT2D eigenvalue weighted by Gasteiger charge is -2.22. The van der Waals surface area contributed by atoms with Crippen LogP contribution in [0.25, 0.3) is 0 Å². The fourth-order valence-electron chi connectivity index (χ4n) is 2.71. The summed E-state index contributed by atoms with van der Waals surface area (Å²) < 4.78 is 16.1. The van der Waals surface area contributed by atoms with E-state index >= 15 is 0 Å². The number of hydrogen-bond acceptors (Lipinski definition) is 4. The molecule has 1 atom stereocenters. The highest BCUT2D eigenvalue weighted by Crippen LogP contribution is 2.18. The van der Waals surface area contributed by atoms with Crippen molar-refractivity contribution in [1.29, 1.82) is 0 Å². The summed E-state index contributed by atoms with van der Waals surface area (Å²) in [5.41, 5.74) is 0. The molecule has 24 heavy (non-hydrogen) atoms. The quantitative estimate of drug-likeness (QED) is 0.161. The van der Waals surface area contributed by atoms with Crippen molar-refractivity contribution < 1.29 is 18.4 Å². The van der Waals surface area contributed by atoms with Crippen LogP contribution in [-0.2, 0) is 18.4 Å². The molecule has 5 heteroatoms. The number of esters is 1. The monoisotopic (exact) mass is 358 g/mol. The van der Waals surface area contributed by atoms with Crippen LogP contribution in [0.4, 0.5) is 0 Å². The van der Waals surface area contributed by atoms with Gasteiger partial charge in [-0.2, -0.15) is 0 Å². The Balaban J connectivity index is 3.34. The molecule has 0 aliphatic heterocycles. The summed E-state index contributed by atoms with van der Waals surface area (Å²) in [6.07, 6.45) is 13.6. The van der Waals surface area contributed by atoms with Crippen molar-refractivity contribution in [3.05, 3.63) is 12.7 Å². The molecule has 0 aromatic carbocycles. The summed E-state index contributed by atoms with van der Waals surface area (Å²) >= 11 is 0. The Morgan fingerprint density at radius 2 is 1.42 bits per heavy atom. The van der Waals surface area contributed by atoms with Crippen LogP contribution in [0.3, 0.4) is 0 Å². The Morgan fingerprint density at radius 1 is 0.958 bits per heavy atom. The van der Waals surface area contributed by atoms with Crippen molar-refractivity contribution in [3.8, 4) is 0 Å². The predicted molar refractivity (Wildman–Crippen MR) is 102 cm³/mol. The maximum absolute atomic E-state index is 11.0. The molecule has 0 aliphatic carbocycles. The molecular formula is C19H38O4Si. The van der Waals surface area contributed by atoms with E-state index in [1.54, 1.807) is 14.2 Å². The summed E-state index contributed by atoms with van der Waals surface area (Å²) in [6.45, 7) is 7.48. The van der Waals surface area contributed by atoms with Crippen LogP contribution in [0.5, 0.6) is 0 Å². The number of carbonyl (C=O) groups is 1. The van der Waals surface area contributed by atoms with E-state index in [1.165, 1.54) is 57.4 Å². The van der Waals surface area contributed by atoms with Gasteiger partial charge in [0, 0.05) is 20.3 Å². The molecule has 0 aliphatic rings. The Hall–Kier alpha value is -0.653. The van der Waals surface area contributed by atoms with Crippen LogP contribution >= 0.6 is 0 Å². The predicted octanol–water partition coefficient (Wildman–Crippen LogP) is 5.37. The maximum atomic E-state index is 11.0. The normalized spacial score (nSPS) is 12.8. The third-order valence-corrected chi connectivity index (χ3v) is 7.58. The molecule has 0 aromatic heterocycles. The third-order valence-electron chi connectivity index (χ3n) is 4.59. The highest BCUT2D eigenvalue weighted by atomic mass is 28.4. The van der Waals surface area contributed by atoms with Gasteiger partial charge in [0.1, 0.15) is 0 Å². The van der Waals surface area contributed by atoms with Gasteiger partial charge in [0.25, 0.3) is 0 Å². The average Bonchev–Trinajstić information content (AvgIpc) is 2.59. The second-order valence-electron chi connectivity index (χ2n) is 6.71. The number of carbonyl (C=O) groups excluding carboxylic acids is 1. The van der Waals surface area contributed by atoms with Gasteiger partial charge >= 0.3 is 14.5 Å². The Labute approximate surface area is 150 Å². The lowest BCUT2D eigenvalue weighted by Crippen LogP contribution is -2.35. The standard InChI is InChI=1S/C19H38O4Si/c1-6-19(20)23-18(2)16-14-12-10-8-7-9-11-13-15-17-24(5,21-3)22-4/h6,18H,1,7-17H2,2-5H3. The van der Waals surface area contributed by atoms with E-state index in [0.717, 1.165) is 18.9 Å². The molecule has 142 valence electrons. The molecule has 0 spiro atoms. The summed E-state index contributed by atoms with van der Waals surface area (Å²) in [5, 5.41) is 0. The van der Waals surface area contributed by atoms with Gasteiger partial charge in [0.15, 0.2) is 0 Å². The van der Waals surface area contributed by atoms with E-state index < -0.39 is 8.56 Å². The van der Waals surface area contributed by atoms with Crippen LogP contribution in [0, 0.1) is 0 Å². The van der Waals surface area contributed by atoms with Gasteiger partial charge in [-0.1, -0.05) is 57.9 Å². The summed E-state index contributed by atoms with van der Waals surface area (Å²) in [4.78, 5) is 11.0. The van der Waals surface area contributed by atoms with Crippen molar-refractivity contribution >= 4 is 14.5 Å². The van der Waals surface area contributed by atoms with E-state index in [9.17, 15) is 4.79 Å². The van der Waals surface area contributed by atoms with E-state index in [-0.39, 0.29) is 12.1 Å². The van der Waals surface area contributed by atoms with Gasteiger partial charge in [0.05, 0.1) is 6.10 Å².